The summed E-state index contributed by atoms with van der Waals surface area (Å²) < 4.78 is 6.89. The molecule has 154 valence electrons. The molecule has 0 spiro atoms. The van der Waals surface area contributed by atoms with Crippen molar-refractivity contribution >= 4 is 17.2 Å². The minimum atomic E-state index is -1.37. The number of aliphatic hydroxyl groups excluding tert-OH is 1. The highest BCUT2D eigenvalue weighted by atomic mass is 16.5. The SMILES string of the molecule is COCc1c(C(O)C=O)cc2n(c1=O)Cc1c-2nc2cc(C)c(C)c3c2c1CCC3. The van der Waals surface area contributed by atoms with E-state index in [2.05, 4.69) is 19.9 Å². The fraction of sp³-hybridized carbons (Fsp3) is 0.375. The zero-order valence-corrected chi connectivity index (χ0v) is 17.4. The predicted octanol–water partition coefficient (Wildman–Crippen LogP) is 2.91. The molecule has 3 aromatic rings. The summed E-state index contributed by atoms with van der Waals surface area (Å²) >= 11 is 0. The van der Waals surface area contributed by atoms with Gasteiger partial charge >= 0.3 is 0 Å². The first-order valence-electron chi connectivity index (χ1n) is 10.3. The number of rotatable bonds is 4. The molecule has 1 aromatic carbocycles. The Bertz CT molecular complexity index is 1290. The van der Waals surface area contributed by atoms with E-state index in [9.17, 15) is 14.7 Å². The van der Waals surface area contributed by atoms with Crippen molar-refractivity contribution in [3.63, 3.8) is 0 Å². The third kappa shape index (κ3) is 2.53. The van der Waals surface area contributed by atoms with Crippen LogP contribution in [0, 0.1) is 13.8 Å². The van der Waals surface area contributed by atoms with Gasteiger partial charge in [0.2, 0.25) is 0 Å². The van der Waals surface area contributed by atoms with E-state index in [1.54, 1.807) is 10.6 Å². The summed E-state index contributed by atoms with van der Waals surface area (Å²) in [5, 5.41) is 11.5. The van der Waals surface area contributed by atoms with Crippen LogP contribution in [0.1, 0.15) is 51.5 Å². The van der Waals surface area contributed by atoms with Crippen molar-refractivity contribution in [1.29, 1.82) is 0 Å². The van der Waals surface area contributed by atoms with Gasteiger partial charge in [-0.1, -0.05) is 0 Å². The minimum Gasteiger partial charge on any atom is -0.381 e. The highest BCUT2D eigenvalue weighted by Crippen LogP contribution is 2.41. The number of aliphatic hydroxyl groups is 1. The third-order valence-electron chi connectivity index (χ3n) is 6.72. The second-order valence-corrected chi connectivity index (χ2v) is 8.33. The summed E-state index contributed by atoms with van der Waals surface area (Å²) in [6, 6.07) is 3.86. The molecule has 0 saturated carbocycles. The smallest absolute Gasteiger partial charge is 0.257 e. The van der Waals surface area contributed by atoms with Crippen molar-refractivity contribution in [3.8, 4) is 11.4 Å². The van der Waals surface area contributed by atoms with Crippen LogP contribution in [-0.4, -0.2) is 28.1 Å². The van der Waals surface area contributed by atoms with Gasteiger partial charge in [0.15, 0.2) is 6.29 Å². The summed E-state index contributed by atoms with van der Waals surface area (Å²) in [6.07, 6.45) is 2.18. The lowest BCUT2D eigenvalue weighted by Gasteiger charge is -2.22. The van der Waals surface area contributed by atoms with Crippen molar-refractivity contribution in [2.24, 2.45) is 0 Å². The standard InChI is InChI=1S/C24H24N2O4/c1-12-7-19-22-14(13(12)2)5-4-6-15(22)17-9-26-20(23(17)25-19)8-16(21(28)10-27)18(11-30-3)24(26)29/h7-8,10,21,28H,4-6,9,11H2,1-3H3. The monoisotopic (exact) mass is 404 g/mol. The van der Waals surface area contributed by atoms with Crippen LogP contribution in [0.25, 0.3) is 22.3 Å². The molecule has 0 bridgehead atoms. The molecule has 1 atom stereocenters. The number of methoxy groups -OCH3 is 1. The maximum absolute atomic E-state index is 13.3. The first kappa shape index (κ1) is 19.2. The molecule has 30 heavy (non-hydrogen) atoms. The molecular weight excluding hydrogens is 380 g/mol. The van der Waals surface area contributed by atoms with Gasteiger partial charge in [-0.3, -0.25) is 4.79 Å². The van der Waals surface area contributed by atoms with Gasteiger partial charge in [0, 0.05) is 29.2 Å². The fourth-order valence-electron chi connectivity index (χ4n) is 5.13. The van der Waals surface area contributed by atoms with E-state index >= 15 is 0 Å². The van der Waals surface area contributed by atoms with Gasteiger partial charge in [-0.05, 0) is 67.5 Å². The summed E-state index contributed by atoms with van der Waals surface area (Å²) in [4.78, 5) is 29.5. The van der Waals surface area contributed by atoms with Crippen molar-refractivity contribution < 1.29 is 14.6 Å². The van der Waals surface area contributed by atoms with E-state index in [-0.39, 0.29) is 12.2 Å². The molecule has 6 heteroatoms. The third-order valence-corrected chi connectivity index (χ3v) is 6.72. The van der Waals surface area contributed by atoms with Crippen molar-refractivity contribution in [3.05, 3.63) is 61.4 Å². The minimum absolute atomic E-state index is 0.0422. The van der Waals surface area contributed by atoms with Gasteiger partial charge in [-0.25, -0.2) is 4.98 Å². The Labute approximate surface area is 174 Å². The number of benzene rings is 1. The second kappa shape index (κ2) is 6.86. The number of fused-ring (bicyclic) bond motifs is 4. The molecule has 1 aliphatic heterocycles. The lowest BCUT2D eigenvalue weighted by atomic mass is 9.83. The number of carbonyl (C=O) groups is 1. The number of aryl methyl sites for hydroxylation is 3. The number of aldehydes is 1. The largest absolute Gasteiger partial charge is 0.381 e. The molecule has 1 aliphatic carbocycles. The van der Waals surface area contributed by atoms with E-state index < -0.39 is 6.10 Å². The highest BCUT2D eigenvalue weighted by Gasteiger charge is 2.31. The van der Waals surface area contributed by atoms with Gasteiger partial charge < -0.3 is 19.2 Å². The molecule has 1 N–H and O–H groups in total. The molecule has 0 radical (unpaired) electrons. The van der Waals surface area contributed by atoms with Crippen LogP contribution >= 0.6 is 0 Å². The lowest BCUT2D eigenvalue weighted by molar-refractivity contribution is -0.115. The van der Waals surface area contributed by atoms with Crippen LogP contribution in [0.4, 0.5) is 0 Å². The lowest BCUT2D eigenvalue weighted by Crippen LogP contribution is -2.26. The van der Waals surface area contributed by atoms with Gasteiger partial charge in [0.25, 0.3) is 5.56 Å². The Morgan fingerprint density at radius 1 is 1.23 bits per heavy atom. The van der Waals surface area contributed by atoms with Gasteiger partial charge in [0.05, 0.1) is 30.1 Å². The van der Waals surface area contributed by atoms with E-state index in [1.807, 2.05) is 0 Å². The first-order valence-corrected chi connectivity index (χ1v) is 10.3. The predicted molar refractivity (Wildman–Crippen MR) is 114 cm³/mol. The number of aromatic nitrogens is 2. The zero-order valence-electron chi connectivity index (χ0n) is 17.4. The Balaban J connectivity index is 1.84. The van der Waals surface area contributed by atoms with Gasteiger partial charge in [-0.15, -0.1) is 0 Å². The molecule has 2 aliphatic rings. The Hall–Kier alpha value is -2.83. The average molecular weight is 404 g/mol. The van der Waals surface area contributed by atoms with E-state index in [0.29, 0.717) is 29.7 Å². The fourth-order valence-corrected chi connectivity index (χ4v) is 5.13. The molecule has 2 aromatic heterocycles. The quantitative estimate of drug-likeness (QED) is 0.529. The van der Waals surface area contributed by atoms with Crippen molar-refractivity contribution in [1.82, 2.24) is 9.55 Å². The number of pyridine rings is 2. The molecule has 0 saturated heterocycles. The molecule has 0 fully saturated rings. The van der Waals surface area contributed by atoms with Crippen LogP contribution in [0.2, 0.25) is 0 Å². The molecule has 0 amide bonds. The molecule has 6 nitrogen and oxygen atoms in total. The molecule has 1 unspecified atom stereocenters. The number of hydrogen-bond acceptors (Lipinski definition) is 5. The zero-order chi connectivity index (χ0) is 21.2. The van der Waals surface area contributed by atoms with Crippen LogP contribution in [0.15, 0.2) is 16.9 Å². The van der Waals surface area contributed by atoms with Crippen molar-refractivity contribution in [2.75, 3.05) is 7.11 Å². The van der Waals surface area contributed by atoms with E-state index in [1.165, 1.54) is 34.7 Å². The topological polar surface area (TPSA) is 81.4 Å². The van der Waals surface area contributed by atoms with Gasteiger partial charge in [0.1, 0.15) is 6.10 Å². The van der Waals surface area contributed by atoms with Crippen LogP contribution in [0.5, 0.6) is 0 Å². The van der Waals surface area contributed by atoms with Crippen molar-refractivity contribution in [2.45, 2.75) is 52.4 Å². The van der Waals surface area contributed by atoms with Crippen LogP contribution < -0.4 is 5.56 Å². The maximum Gasteiger partial charge on any atom is 0.257 e. The first-order chi connectivity index (χ1) is 14.5. The summed E-state index contributed by atoms with van der Waals surface area (Å²) in [5.41, 5.74) is 9.09. The summed E-state index contributed by atoms with van der Waals surface area (Å²) in [7, 11) is 1.49. The van der Waals surface area contributed by atoms with Gasteiger partial charge in [-0.2, -0.15) is 0 Å². The normalized spacial score (nSPS) is 15.2. The molecule has 5 rings (SSSR count). The molecule has 3 heterocycles. The Morgan fingerprint density at radius 3 is 2.73 bits per heavy atom. The van der Waals surface area contributed by atoms with E-state index in [4.69, 9.17) is 9.72 Å². The van der Waals surface area contributed by atoms with Crippen LogP contribution in [-0.2, 0) is 35.5 Å². The average Bonchev–Trinajstić information content (AvgIpc) is 3.12. The summed E-state index contributed by atoms with van der Waals surface area (Å²) in [5.74, 6) is 0. The second-order valence-electron chi connectivity index (χ2n) is 8.33. The number of hydrogen-bond donors (Lipinski definition) is 1. The number of ether oxygens (including phenoxy) is 1. The Morgan fingerprint density at radius 2 is 2.00 bits per heavy atom. The number of nitrogens with zero attached hydrogens (tertiary/aromatic N) is 2. The Kier molecular flexibility index (Phi) is 4.38. The molecular formula is C24H24N2O4. The number of carbonyl (C=O) groups excluding carboxylic acids is 1. The van der Waals surface area contributed by atoms with E-state index in [0.717, 1.165) is 36.0 Å². The van der Waals surface area contributed by atoms with Crippen LogP contribution in [0.3, 0.4) is 0 Å². The highest BCUT2D eigenvalue weighted by molar-refractivity contribution is 5.92. The maximum atomic E-state index is 13.3. The summed E-state index contributed by atoms with van der Waals surface area (Å²) in [6.45, 7) is 4.79.